The zero-order valence-electron chi connectivity index (χ0n) is 17.6. The van der Waals surface area contributed by atoms with Gasteiger partial charge in [0, 0.05) is 37.3 Å². The van der Waals surface area contributed by atoms with Crippen LogP contribution in [-0.2, 0) is 18.2 Å². The highest BCUT2D eigenvalue weighted by atomic mass is 16.5. The number of rotatable bonds is 5. The number of amides is 1. The predicted octanol–water partition coefficient (Wildman–Crippen LogP) is 2.09. The van der Waals surface area contributed by atoms with Crippen molar-refractivity contribution in [3.63, 3.8) is 0 Å². The van der Waals surface area contributed by atoms with Crippen molar-refractivity contribution >= 4 is 17.0 Å². The first-order chi connectivity index (χ1) is 15.6. The van der Waals surface area contributed by atoms with Crippen LogP contribution in [0.5, 0.6) is 0 Å². The summed E-state index contributed by atoms with van der Waals surface area (Å²) >= 11 is 0. The van der Waals surface area contributed by atoms with Crippen molar-refractivity contribution < 1.29 is 19.1 Å². The lowest BCUT2D eigenvalue weighted by atomic mass is 10.0. The van der Waals surface area contributed by atoms with Crippen LogP contribution in [0, 0.1) is 0 Å². The monoisotopic (exact) mass is 433 g/mol. The Morgan fingerprint density at radius 2 is 2.12 bits per heavy atom. The molecule has 164 valence electrons. The standard InChI is InChI=1S/C23H23N5O4/c1-28-12-19(26-27-28)15-4-2-14(3-5-15)10-16-11-18(24-17-6-9-32-22(16)17)23(30)25-20-13-31-8-7-21(20)29/h2-6,9,11-12,20-21,29H,7-8,10,13H2,1H3,(H,25,30)/t20-,21-/m0/s1. The highest BCUT2D eigenvalue weighted by molar-refractivity contribution is 5.95. The molecule has 0 aliphatic carbocycles. The van der Waals surface area contributed by atoms with Crippen LogP contribution in [0.15, 0.2) is 53.3 Å². The fraction of sp³-hybridized carbons (Fsp3) is 0.304. The van der Waals surface area contributed by atoms with Crippen molar-refractivity contribution in [3.8, 4) is 11.3 Å². The van der Waals surface area contributed by atoms with Gasteiger partial charge in [-0.25, -0.2) is 4.98 Å². The van der Waals surface area contributed by atoms with Gasteiger partial charge < -0.3 is 19.6 Å². The number of aromatic nitrogens is 4. The van der Waals surface area contributed by atoms with Gasteiger partial charge in [0.1, 0.15) is 16.9 Å². The third-order valence-electron chi connectivity index (χ3n) is 5.60. The molecule has 4 heterocycles. The number of benzene rings is 1. The first kappa shape index (κ1) is 20.3. The Kier molecular flexibility index (Phi) is 5.42. The topological polar surface area (TPSA) is 115 Å². The Bertz CT molecular complexity index is 1250. The number of carbonyl (C=O) groups excluding carboxylic acids is 1. The van der Waals surface area contributed by atoms with E-state index in [2.05, 4.69) is 20.6 Å². The normalized spacial score (nSPS) is 18.7. The van der Waals surface area contributed by atoms with Gasteiger partial charge in [-0.15, -0.1) is 5.10 Å². The fourth-order valence-corrected chi connectivity index (χ4v) is 3.87. The van der Waals surface area contributed by atoms with Crippen molar-refractivity contribution in [2.75, 3.05) is 13.2 Å². The van der Waals surface area contributed by atoms with E-state index in [1.165, 1.54) is 0 Å². The molecule has 5 rings (SSSR count). The second kappa shape index (κ2) is 8.52. The molecule has 4 aromatic rings. The molecule has 0 radical (unpaired) electrons. The fourth-order valence-electron chi connectivity index (χ4n) is 3.87. The highest BCUT2D eigenvalue weighted by Gasteiger charge is 2.26. The van der Waals surface area contributed by atoms with Crippen molar-refractivity contribution in [3.05, 3.63) is 65.7 Å². The van der Waals surface area contributed by atoms with Crippen LogP contribution < -0.4 is 5.32 Å². The molecule has 0 bridgehead atoms. The van der Waals surface area contributed by atoms with Crippen LogP contribution in [0.25, 0.3) is 22.4 Å². The Morgan fingerprint density at radius 3 is 2.88 bits per heavy atom. The van der Waals surface area contributed by atoms with Crippen LogP contribution in [0.1, 0.15) is 28.0 Å². The van der Waals surface area contributed by atoms with Gasteiger partial charge in [0.15, 0.2) is 5.58 Å². The molecule has 0 saturated carbocycles. The summed E-state index contributed by atoms with van der Waals surface area (Å²) < 4.78 is 12.7. The zero-order valence-corrected chi connectivity index (χ0v) is 17.6. The molecule has 1 fully saturated rings. The summed E-state index contributed by atoms with van der Waals surface area (Å²) in [6.45, 7) is 0.776. The summed E-state index contributed by atoms with van der Waals surface area (Å²) in [5.41, 5.74) is 5.26. The molecule has 9 nitrogen and oxygen atoms in total. The summed E-state index contributed by atoms with van der Waals surface area (Å²) in [4.78, 5) is 17.3. The smallest absolute Gasteiger partial charge is 0.270 e. The molecule has 2 N–H and O–H groups in total. The van der Waals surface area contributed by atoms with E-state index in [4.69, 9.17) is 9.15 Å². The lowest BCUT2D eigenvalue weighted by Crippen LogP contribution is -2.49. The van der Waals surface area contributed by atoms with Crippen molar-refractivity contribution in [1.29, 1.82) is 0 Å². The number of hydrogen-bond donors (Lipinski definition) is 2. The summed E-state index contributed by atoms with van der Waals surface area (Å²) in [5, 5.41) is 21.1. The van der Waals surface area contributed by atoms with Gasteiger partial charge in [-0.2, -0.15) is 0 Å². The third kappa shape index (κ3) is 4.12. The van der Waals surface area contributed by atoms with Gasteiger partial charge >= 0.3 is 0 Å². The van der Waals surface area contributed by atoms with E-state index in [-0.39, 0.29) is 18.2 Å². The van der Waals surface area contributed by atoms with Gasteiger partial charge in [0.2, 0.25) is 0 Å². The van der Waals surface area contributed by atoms with Gasteiger partial charge in [0.25, 0.3) is 5.91 Å². The molecule has 1 aliphatic rings. The lowest BCUT2D eigenvalue weighted by molar-refractivity contribution is -0.0140. The van der Waals surface area contributed by atoms with Crippen LogP contribution in [0.2, 0.25) is 0 Å². The first-order valence-corrected chi connectivity index (χ1v) is 10.5. The number of furan rings is 1. The molecular formula is C23H23N5O4. The van der Waals surface area contributed by atoms with E-state index in [9.17, 15) is 9.90 Å². The number of ether oxygens (including phenoxy) is 1. The molecule has 9 heteroatoms. The summed E-state index contributed by atoms with van der Waals surface area (Å²) in [6, 6.07) is 11.1. The Labute approximate surface area is 184 Å². The summed E-state index contributed by atoms with van der Waals surface area (Å²) in [6.07, 6.45) is 3.87. The average molecular weight is 433 g/mol. The molecule has 0 unspecified atom stereocenters. The number of nitrogens with one attached hydrogen (secondary N) is 1. The van der Waals surface area contributed by atoms with Crippen LogP contribution in [-0.4, -0.2) is 56.4 Å². The Morgan fingerprint density at radius 1 is 1.28 bits per heavy atom. The van der Waals surface area contributed by atoms with E-state index in [1.54, 1.807) is 23.1 Å². The van der Waals surface area contributed by atoms with E-state index < -0.39 is 12.1 Å². The van der Waals surface area contributed by atoms with Crippen LogP contribution in [0.4, 0.5) is 0 Å². The summed E-state index contributed by atoms with van der Waals surface area (Å²) in [5.74, 6) is -0.345. The Hall–Kier alpha value is -3.56. The predicted molar refractivity (Wildman–Crippen MR) is 116 cm³/mol. The number of fused-ring (bicyclic) bond motifs is 1. The van der Waals surface area contributed by atoms with E-state index in [1.807, 2.05) is 37.5 Å². The third-order valence-corrected chi connectivity index (χ3v) is 5.60. The van der Waals surface area contributed by atoms with Gasteiger partial charge in [-0.05, 0) is 18.1 Å². The quantitative estimate of drug-likeness (QED) is 0.495. The van der Waals surface area contributed by atoms with E-state index >= 15 is 0 Å². The summed E-state index contributed by atoms with van der Waals surface area (Å²) in [7, 11) is 1.83. The molecule has 1 saturated heterocycles. The Balaban J connectivity index is 1.39. The van der Waals surface area contributed by atoms with Crippen LogP contribution in [0.3, 0.4) is 0 Å². The van der Waals surface area contributed by atoms with E-state index in [0.29, 0.717) is 30.5 Å². The van der Waals surface area contributed by atoms with Crippen LogP contribution >= 0.6 is 0 Å². The van der Waals surface area contributed by atoms with E-state index in [0.717, 1.165) is 22.4 Å². The molecule has 32 heavy (non-hydrogen) atoms. The number of hydrogen-bond acceptors (Lipinski definition) is 7. The maximum Gasteiger partial charge on any atom is 0.270 e. The number of aliphatic hydroxyl groups excluding tert-OH is 1. The molecule has 1 aromatic carbocycles. The molecule has 2 atom stereocenters. The number of pyridine rings is 1. The molecule has 0 spiro atoms. The van der Waals surface area contributed by atoms with Crippen molar-refractivity contribution in [2.45, 2.75) is 25.0 Å². The number of nitrogens with zero attached hydrogens (tertiary/aromatic N) is 4. The SMILES string of the molecule is Cn1cc(-c2ccc(Cc3cc(C(=O)N[C@H]4COCC[C@@H]4O)nc4ccoc34)cc2)nn1. The van der Waals surface area contributed by atoms with Crippen molar-refractivity contribution in [1.82, 2.24) is 25.3 Å². The molecule has 1 aliphatic heterocycles. The second-order valence-electron chi connectivity index (χ2n) is 7.96. The minimum absolute atomic E-state index is 0.280. The minimum Gasteiger partial charge on any atom is -0.462 e. The highest BCUT2D eigenvalue weighted by Crippen LogP contribution is 2.24. The average Bonchev–Trinajstić information content (AvgIpc) is 3.45. The number of aryl methyl sites for hydroxylation is 1. The maximum absolute atomic E-state index is 12.8. The zero-order chi connectivity index (χ0) is 22.1. The molecular weight excluding hydrogens is 410 g/mol. The number of aliphatic hydroxyl groups is 1. The lowest BCUT2D eigenvalue weighted by Gasteiger charge is -2.28. The molecule has 3 aromatic heterocycles. The molecule has 1 amide bonds. The van der Waals surface area contributed by atoms with Gasteiger partial charge in [-0.3, -0.25) is 9.48 Å². The number of carbonyl (C=O) groups is 1. The first-order valence-electron chi connectivity index (χ1n) is 10.5. The maximum atomic E-state index is 12.8. The van der Waals surface area contributed by atoms with Crippen molar-refractivity contribution in [2.24, 2.45) is 7.05 Å². The van der Waals surface area contributed by atoms with Gasteiger partial charge in [0.05, 0.1) is 31.2 Å². The van der Waals surface area contributed by atoms with Gasteiger partial charge in [-0.1, -0.05) is 29.5 Å². The minimum atomic E-state index is -0.627. The second-order valence-corrected chi connectivity index (χ2v) is 7.96. The largest absolute Gasteiger partial charge is 0.462 e.